The molecule has 2 N–H and O–H groups in total. The molecule has 0 fully saturated rings. The van der Waals surface area contributed by atoms with Crippen molar-refractivity contribution in [3.63, 3.8) is 0 Å². The van der Waals surface area contributed by atoms with Crippen molar-refractivity contribution >= 4 is 21.6 Å². The molecule has 5 aromatic rings. The minimum Gasteiger partial charge on any atom is -0.494 e. The number of rotatable bonds is 19. The van der Waals surface area contributed by atoms with Crippen molar-refractivity contribution < 1.29 is 37.3 Å². The van der Waals surface area contributed by atoms with Gasteiger partial charge in [0.25, 0.3) is 5.91 Å². The summed E-state index contributed by atoms with van der Waals surface area (Å²) in [6, 6.07) is 40.8. The fourth-order valence-corrected chi connectivity index (χ4v) is 7.56. The molecule has 55 heavy (non-hydrogen) atoms. The Morgan fingerprint density at radius 1 is 0.782 bits per heavy atom. The summed E-state index contributed by atoms with van der Waals surface area (Å²) in [5.74, 6) is 1.32. The second-order valence-electron chi connectivity index (χ2n) is 13.3. The summed E-state index contributed by atoms with van der Waals surface area (Å²) in [5.41, 5.74) is 2.08. The quantitative estimate of drug-likeness (QED) is 0.0886. The summed E-state index contributed by atoms with van der Waals surface area (Å²) < 4.78 is 51.1. The molecule has 0 spiro atoms. The van der Waals surface area contributed by atoms with Gasteiger partial charge in [-0.1, -0.05) is 84.9 Å². The van der Waals surface area contributed by atoms with E-state index < -0.39 is 27.4 Å². The number of hydrogen-bond donors (Lipinski definition) is 2. The summed E-state index contributed by atoms with van der Waals surface area (Å²) in [5, 5.41) is 12.1. The van der Waals surface area contributed by atoms with E-state index in [1.807, 2.05) is 78.9 Å². The lowest BCUT2D eigenvalue weighted by Crippen LogP contribution is -2.52. The molecule has 5 aromatic carbocycles. The molecule has 10 nitrogen and oxygen atoms in total. The Morgan fingerprint density at radius 2 is 1.40 bits per heavy atom. The van der Waals surface area contributed by atoms with E-state index in [4.69, 9.17) is 29.0 Å². The highest BCUT2D eigenvalue weighted by molar-refractivity contribution is 7.91. The fourth-order valence-electron chi connectivity index (χ4n) is 6.17. The monoisotopic (exact) mass is 762 g/mol. The van der Waals surface area contributed by atoms with Crippen molar-refractivity contribution in [2.24, 2.45) is 4.99 Å². The smallest absolute Gasteiger partial charge is 0.251 e. The van der Waals surface area contributed by atoms with Gasteiger partial charge in [0, 0.05) is 25.1 Å². The Morgan fingerprint density at radius 3 is 2.04 bits per heavy atom. The van der Waals surface area contributed by atoms with Crippen molar-refractivity contribution in [3.8, 4) is 17.2 Å². The summed E-state index contributed by atoms with van der Waals surface area (Å²) >= 11 is 0. The lowest BCUT2D eigenvalue weighted by Gasteiger charge is -2.28. The maximum atomic E-state index is 14.2. The van der Waals surface area contributed by atoms with E-state index in [0.29, 0.717) is 55.5 Å². The maximum absolute atomic E-state index is 14.2. The molecule has 0 radical (unpaired) electrons. The van der Waals surface area contributed by atoms with Gasteiger partial charge in [-0.3, -0.25) is 4.79 Å². The number of amides is 1. The van der Waals surface area contributed by atoms with Gasteiger partial charge >= 0.3 is 0 Å². The van der Waals surface area contributed by atoms with Crippen molar-refractivity contribution in [2.45, 2.75) is 55.9 Å². The summed E-state index contributed by atoms with van der Waals surface area (Å²) in [6.07, 6.45) is 0.131. The fraction of sp³-hybridized carbons (Fsp3) is 0.273. The minimum absolute atomic E-state index is 0.0331. The first kappa shape index (κ1) is 39.1. The van der Waals surface area contributed by atoms with Gasteiger partial charge in [0.1, 0.15) is 25.1 Å². The molecule has 1 aliphatic heterocycles. The van der Waals surface area contributed by atoms with Gasteiger partial charge in [-0.2, -0.15) is 0 Å². The highest BCUT2D eigenvalue weighted by atomic mass is 32.2. The van der Waals surface area contributed by atoms with E-state index in [0.717, 1.165) is 16.7 Å². The van der Waals surface area contributed by atoms with E-state index in [9.17, 15) is 13.2 Å². The SMILES string of the molecule is C[C@H]1OC(c2ccc(OCCCO)cc2)=N[C@@]1(CCS(=O)(=O)c1ccccc1)C(=O)NCCc1ccc(OCc2ccccc2)c(OCc2ccccc2)c1. The van der Waals surface area contributed by atoms with Crippen LogP contribution in [-0.4, -0.2) is 62.5 Å². The normalized spacial score (nSPS) is 16.5. The van der Waals surface area contributed by atoms with Crippen LogP contribution < -0.4 is 19.5 Å². The third kappa shape index (κ3) is 10.3. The van der Waals surface area contributed by atoms with Crippen LogP contribution in [0.2, 0.25) is 0 Å². The lowest BCUT2D eigenvalue weighted by atomic mass is 9.90. The van der Waals surface area contributed by atoms with Crippen molar-refractivity contribution in [1.29, 1.82) is 0 Å². The van der Waals surface area contributed by atoms with Crippen LogP contribution in [0.25, 0.3) is 0 Å². The molecule has 6 rings (SSSR count). The molecule has 0 saturated carbocycles. The van der Waals surface area contributed by atoms with Crippen LogP contribution in [0.4, 0.5) is 0 Å². The molecule has 1 amide bonds. The van der Waals surface area contributed by atoms with Gasteiger partial charge in [0.15, 0.2) is 26.9 Å². The van der Waals surface area contributed by atoms with Crippen molar-refractivity contribution in [3.05, 3.63) is 156 Å². The lowest BCUT2D eigenvalue weighted by molar-refractivity contribution is -0.128. The number of carbonyl (C=O) groups excluding carboxylic acids is 1. The van der Waals surface area contributed by atoms with E-state index in [-0.39, 0.29) is 36.1 Å². The molecule has 0 aromatic heterocycles. The van der Waals surface area contributed by atoms with E-state index in [2.05, 4.69) is 5.32 Å². The van der Waals surface area contributed by atoms with Gasteiger partial charge in [0.05, 0.1) is 17.3 Å². The first-order valence-corrected chi connectivity index (χ1v) is 20.0. The first-order valence-electron chi connectivity index (χ1n) is 18.4. The number of ether oxygens (including phenoxy) is 4. The molecular formula is C44H46N2O8S. The number of sulfone groups is 1. The Labute approximate surface area is 322 Å². The van der Waals surface area contributed by atoms with Crippen LogP contribution in [0.5, 0.6) is 17.2 Å². The number of nitrogens with zero attached hydrogens (tertiary/aromatic N) is 1. The second-order valence-corrected chi connectivity index (χ2v) is 15.4. The predicted octanol–water partition coefficient (Wildman–Crippen LogP) is 6.73. The largest absolute Gasteiger partial charge is 0.494 e. The zero-order valence-corrected chi connectivity index (χ0v) is 31.6. The highest BCUT2D eigenvalue weighted by Crippen LogP contribution is 2.34. The van der Waals surface area contributed by atoms with Crippen LogP contribution in [0, 0.1) is 0 Å². The Hall–Kier alpha value is -5.65. The molecular weight excluding hydrogens is 717 g/mol. The number of benzene rings is 5. The molecule has 0 bridgehead atoms. The van der Waals surface area contributed by atoms with E-state index in [1.165, 1.54) is 0 Å². The molecule has 1 aliphatic rings. The third-order valence-electron chi connectivity index (χ3n) is 9.36. The minimum atomic E-state index is -3.73. The summed E-state index contributed by atoms with van der Waals surface area (Å²) in [7, 11) is -3.73. The zero-order chi connectivity index (χ0) is 38.5. The highest BCUT2D eigenvalue weighted by Gasteiger charge is 2.50. The molecule has 0 saturated heterocycles. The standard InChI is InChI=1S/C44H46N2O8S/c1-33-44(25-29-55(49,50)39-16-9-4-10-17-39,46-42(54-33)37-19-21-38(22-20-37)51-28-11-27-47)43(48)45-26-24-34-18-23-40(52-31-35-12-5-2-6-13-35)41(30-34)53-32-36-14-7-3-8-15-36/h2-10,12-23,30,33,47H,11,24-29,31-32H2,1H3,(H,45,48)/t33-,44-/m1/s1. The van der Waals surface area contributed by atoms with Gasteiger partial charge < -0.3 is 29.4 Å². The summed E-state index contributed by atoms with van der Waals surface area (Å²) in [4.78, 5) is 19.2. The predicted molar refractivity (Wildman–Crippen MR) is 211 cm³/mol. The van der Waals surface area contributed by atoms with Crippen molar-refractivity contribution in [1.82, 2.24) is 5.32 Å². The molecule has 286 valence electrons. The molecule has 0 unspecified atom stereocenters. The molecule has 2 atom stereocenters. The van der Waals surface area contributed by atoms with Gasteiger partial charge in [-0.05, 0) is 85.0 Å². The Kier molecular flexibility index (Phi) is 13.2. The zero-order valence-electron chi connectivity index (χ0n) is 30.8. The number of nitrogens with one attached hydrogen (secondary N) is 1. The van der Waals surface area contributed by atoms with Crippen LogP contribution in [0.1, 0.15) is 42.0 Å². The topological polar surface area (TPSA) is 133 Å². The van der Waals surface area contributed by atoms with E-state index >= 15 is 0 Å². The van der Waals surface area contributed by atoms with Crippen LogP contribution in [-0.2, 0) is 39.0 Å². The number of hydrogen-bond acceptors (Lipinski definition) is 9. The van der Waals surface area contributed by atoms with Gasteiger partial charge in [-0.25, -0.2) is 13.4 Å². The summed E-state index contributed by atoms with van der Waals surface area (Å²) in [6.45, 7) is 3.14. The number of carbonyl (C=O) groups is 1. The van der Waals surface area contributed by atoms with Crippen LogP contribution in [0.3, 0.4) is 0 Å². The van der Waals surface area contributed by atoms with Gasteiger partial charge in [0.2, 0.25) is 5.90 Å². The Balaban J connectivity index is 1.19. The molecule has 0 aliphatic carbocycles. The number of aliphatic imine (C=N–C) groups is 1. The average Bonchev–Trinajstić information content (AvgIpc) is 3.57. The average molecular weight is 763 g/mol. The van der Waals surface area contributed by atoms with Gasteiger partial charge in [-0.15, -0.1) is 0 Å². The Bertz CT molecular complexity index is 2130. The van der Waals surface area contributed by atoms with Crippen LogP contribution in [0.15, 0.2) is 143 Å². The second kappa shape index (κ2) is 18.6. The number of aliphatic hydroxyl groups excluding tert-OH is 1. The molecule has 11 heteroatoms. The third-order valence-corrected chi connectivity index (χ3v) is 11.1. The first-order chi connectivity index (χ1) is 26.8. The van der Waals surface area contributed by atoms with Crippen molar-refractivity contribution in [2.75, 3.05) is 25.5 Å². The van der Waals surface area contributed by atoms with Crippen LogP contribution >= 0.6 is 0 Å². The van der Waals surface area contributed by atoms with E-state index in [1.54, 1.807) is 61.5 Å². The number of aliphatic hydroxyl groups is 1. The molecule has 1 heterocycles. The maximum Gasteiger partial charge on any atom is 0.251 e.